The van der Waals surface area contributed by atoms with Crippen molar-refractivity contribution in [2.45, 2.75) is 12.8 Å². The summed E-state index contributed by atoms with van der Waals surface area (Å²) in [6, 6.07) is 4.97. The third kappa shape index (κ3) is 4.18. The molecule has 1 atom stereocenters. The Hall–Kier alpha value is -1.35. The van der Waals surface area contributed by atoms with Gasteiger partial charge in [-0.25, -0.2) is 0 Å². The molecule has 24 heavy (non-hydrogen) atoms. The molecule has 1 aromatic carbocycles. The van der Waals surface area contributed by atoms with Crippen molar-refractivity contribution in [3.63, 3.8) is 0 Å². The van der Waals surface area contributed by atoms with Crippen LogP contribution in [0, 0.1) is 5.92 Å². The average molecular weight is 376 g/mol. The molecule has 1 aliphatic heterocycles. The number of rotatable bonds is 5. The van der Waals surface area contributed by atoms with Gasteiger partial charge in [0.25, 0.3) is 10.2 Å². The zero-order chi connectivity index (χ0) is 17.9. The molecule has 134 valence electrons. The highest BCUT2D eigenvalue weighted by atomic mass is 35.5. The van der Waals surface area contributed by atoms with E-state index in [1.54, 1.807) is 18.2 Å². The third-order valence-corrected chi connectivity index (χ3v) is 6.16. The number of nitrogens with one attached hydrogen (secondary N) is 1. The van der Waals surface area contributed by atoms with Gasteiger partial charge in [-0.2, -0.15) is 17.0 Å². The normalized spacial score (nSPS) is 19.3. The molecule has 0 aromatic heterocycles. The minimum atomic E-state index is -3.51. The van der Waals surface area contributed by atoms with E-state index in [2.05, 4.69) is 5.32 Å². The number of amides is 1. The molecule has 9 heteroatoms. The summed E-state index contributed by atoms with van der Waals surface area (Å²) >= 11 is 6.05. The molecular weight excluding hydrogens is 354 g/mol. The number of anilines is 1. The van der Waals surface area contributed by atoms with Crippen molar-refractivity contribution in [2.75, 3.05) is 39.6 Å². The van der Waals surface area contributed by atoms with Crippen molar-refractivity contribution in [3.8, 4) is 5.75 Å². The van der Waals surface area contributed by atoms with E-state index in [1.807, 2.05) is 0 Å². The fraction of sp³-hybridized carbons (Fsp3) is 0.533. The zero-order valence-electron chi connectivity index (χ0n) is 14.0. The average Bonchev–Trinajstić information content (AvgIpc) is 2.55. The number of nitrogens with zero attached hydrogens (tertiary/aromatic N) is 2. The van der Waals surface area contributed by atoms with Gasteiger partial charge in [-0.3, -0.25) is 4.79 Å². The van der Waals surface area contributed by atoms with Crippen LogP contribution in [0.5, 0.6) is 5.75 Å². The summed E-state index contributed by atoms with van der Waals surface area (Å²) < 4.78 is 32.0. The summed E-state index contributed by atoms with van der Waals surface area (Å²) in [5.74, 6) is -0.0835. The molecule has 0 radical (unpaired) electrons. The number of benzene rings is 1. The Morgan fingerprint density at radius 3 is 2.71 bits per heavy atom. The van der Waals surface area contributed by atoms with Gasteiger partial charge < -0.3 is 10.1 Å². The molecule has 1 aromatic rings. The molecule has 2 rings (SSSR count). The molecular formula is C15H22ClN3O4S. The highest BCUT2D eigenvalue weighted by Crippen LogP contribution is 2.28. The Morgan fingerprint density at radius 2 is 2.12 bits per heavy atom. The van der Waals surface area contributed by atoms with Crippen LogP contribution in [0.1, 0.15) is 12.8 Å². The van der Waals surface area contributed by atoms with Crippen LogP contribution in [0.25, 0.3) is 0 Å². The fourth-order valence-corrected chi connectivity index (χ4v) is 4.03. The van der Waals surface area contributed by atoms with E-state index in [9.17, 15) is 13.2 Å². The van der Waals surface area contributed by atoms with Crippen LogP contribution < -0.4 is 10.1 Å². The summed E-state index contributed by atoms with van der Waals surface area (Å²) in [6.45, 7) is 0.606. The number of ether oxygens (including phenoxy) is 1. The van der Waals surface area contributed by atoms with Gasteiger partial charge in [0, 0.05) is 32.9 Å². The number of hydrogen-bond acceptors (Lipinski definition) is 4. The fourth-order valence-electron chi connectivity index (χ4n) is 2.59. The number of piperidine rings is 1. The highest BCUT2D eigenvalue weighted by molar-refractivity contribution is 7.86. The van der Waals surface area contributed by atoms with Gasteiger partial charge >= 0.3 is 0 Å². The first kappa shape index (κ1) is 19.0. The second-order valence-electron chi connectivity index (χ2n) is 5.83. The molecule has 7 nitrogen and oxygen atoms in total. The minimum Gasteiger partial charge on any atom is -0.495 e. The second-order valence-corrected chi connectivity index (χ2v) is 8.38. The summed E-state index contributed by atoms with van der Waals surface area (Å²) in [5.41, 5.74) is 0.554. The maximum Gasteiger partial charge on any atom is 0.281 e. The van der Waals surface area contributed by atoms with E-state index in [1.165, 1.54) is 25.5 Å². The van der Waals surface area contributed by atoms with E-state index in [-0.39, 0.29) is 12.5 Å². The lowest BCUT2D eigenvalue weighted by Gasteiger charge is -2.32. The van der Waals surface area contributed by atoms with Gasteiger partial charge in [0.2, 0.25) is 5.91 Å². The minimum absolute atomic E-state index is 0.177. The number of methoxy groups -OCH3 is 1. The first-order valence-electron chi connectivity index (χ1n) is 7.57. The molecule has 0 bridgehead atoms. The number of halogens is 1. The van der Waals surface area contributed by atoms with Crippen LogP contribution in [-0.4, -0.2) is 57.2 Å². The molecule has 1 amide bonds. The third-order valence-electron chi connectivity index (χ3n) is 3.96. The lowest BCUT2D eigenvalue weighted by molar-refractivity contribution is -0.120. The van der Waals surface area contributed by atoms with Crippen LogP contribution in [0.15, 0.2) is 18.2 Å². The van der Waals surface area contributed by atoms with Gasteiger partial charge in [-0.15, -0.1) is 0 Å². The van der Waals surface area contributed by atoms with Gasteiger partial charge in [0.1, 0.15) is 5.75 Å². The van der Waals surface area contributed by atoms with E-state index in [4.69, 9.17) is 16.3 Å². The lowest BCUT2D eigenvalue weighted by Crippen LogP contribution is -2.47. The number of carbonyl (C=O) groups is 1. The first-order chi connectivity index (χ1) is 11.3. The van der Waals surface area contributed by atoms with E-state index in [0.29, 0.717) is 35.8 Å². The maximum atomic E-state index is 12.5. The molecule has 0 spiro atoms. The van der Waals surface area contributed by atoms with Gasteiger partial charge in [0.05, 0.1) is 18.1 Å². The van der Waals surface area contributed by atoms with Gasteiger partial charge in [-0.1, -0.05) is 11.6 Å². The van der Waals surface area contributed by atoms with Crippen molar-refractivity contribution >= 4 is 33.4 Å². The molecule has 1 heterocycles. The summed E-state index contributed by atoms with van der Waals surface area (Å²) in [6.07, 6.45) is 1.30. The van der Waals surface area contributed by atoms with Crippen molar-refractivity contribution in [1.82, 2.24) is 8.61 Å². The largest absolute Gasteiger partial charge is 0.495 e. The summed E-state index contributed by atoms with van der Waals surface area (Å²) in [4.78, 5) is 12.5. The van der Waals surface area contributed by atoms with Crippen molar-refractivity contribution in [3.05, 3.63) is 23.2 Å². The topological polar surface area (TPSA) is 79.0 Å². The summed E-state index contributed by atoms with van der Waals surface area (Å²) in [7, 11) is 0.978. The summed E-state index contributed by atoms with van der Waals surface area (Å²) in [5, 5.41) is 3.19. The van der Waals surface area contributed by atoms with Crippen molar-refractivity contribution in [1.29, 1.82) is 0 Å². The number of carbonyl (C=O) groups excluding carboxylic acids is 1. The van der Waals surface area contributed by atoms with Gasteiger partial charge in [-0.05, 0) is 31.0 Å². The molecule has 0 saturated carbocycles. The molecule has 1 unspecified atom stereocenters. The standard InChI is InChI=1S/C15H22ClN3O4S/c1-18(2)24(21,22)19-8-4-5-11(10-19)15(20)17-12-6-7-14(23-3)13(16)9-12/h6-7,9,11H,4-5,8,10H2,1-3H3,(H,17,20). The SMILES string of the molecule is COc1ccc(NC(=O)C2CCCN(S(=O)(=O)N(C)C)C2)cc1Cl. The molecule has 1 saturated heterocycles. The van der Waals surface area contributed by atoms with Crippen LogP contribution in [0.2, 0.25) is 5.02 Å². The quantitative estimate of drug-likeness (QED) is 0.851. The van der Waals surface area contributed by atoms with Crippen molar-refractivity contribution < 1.29 is 17.9 Å². The maximum absolute atomic E-state index is 12.5. The van der Waals surface area contributed by atoms with Crippen LogP contribution in [0.4, 0.5) is 5.69 Å². The number of hydrogen-bond donors (Lipinski definition) is 1. The van der Waals surface area contributed by atoms with E-state index < -0.39 is 16.1 Å². The Bertz CT molecular complexity index is 709. The molecule has 1 N–H and O–H groups in total. The Kier molecular flexibility index (Phi) is 6.08. The monoisotopic (exact) mass is 375 g/mol. The van der Waals surface area contributed by atoms with Crippen LogP contribution in [-0.2, 0) is 15.0 Å². The lowest BCUT2D eigenvalue weighted by atomic mass is 9.99. The predicted molar refractivity (Wildman–Crippen MR) is 93.5 cm³/mol. The van der Waals surface area contributed by atoms with Gasteiger partial charge in [0.15, 0.2) is 0 Å². The zero-order valence-corrected chi connectivity index (χ0v) is 15.5. The van der Waals surface area contributed by atoms with Crippen molar-refractivity contribution in [2.24, 2.45) is 5.92 Å². The smallest absolute Gasteiger partial charge is 0.281 e. The van der Waals surface area contributed by atoms with Crippen LogP contribution >= 0.6 is 11.6 Å². The molecule has 1 aliphatic rings. The molecule has 1 fully saturated rings. The Labute approximate surface area is 147 Å². The second kappa shape index (κ2) is 7.69. The Balaban J connectivity index is 2.06. The van der Waals surface area contributed by atoms with E-state index in [0.717, 1.165) is 4.31 Å². The van der Waals surface area contributed by atoms with Crippen LogP contribution in [0.3, 0.4) is 0 Å². The van der Waals surface area contributed by atoms with E-state index >= 15 is 0 Å². The molecule has 0 aliphatic carbocycles. The Morgan fingerprint density at radius 1 is 1.42 bits per heavy atom. The predicted octanol–water partition coefficient (Wildman–Crippen LogP) is 1.81. The highest BCUT2D eigenvalue weighted by Gasteiger charge is 2.33. The first-order valence-corrected chi connectivity index (χ1v) is 9.35.